The quantitative estimate of drug-likeness (QED) is 0.861. The number of nitrogens with zero attached hydrogens (tertiary/aromatic N) is 1. The maximum Gasteiger partial charge on any atom is 0.304 e. The maximum absolute atomic E-state index is 12.9. The Bertz CT molecular complexity index is 796. The van der Waals surface area contributed by atoms with Crippen molar-refractivity contribution in [2.75, 3.05) is 13.2 Å². The molecule has 0 aliphatic carbocycles. The molecule has 0 bridgehead atoms. The first kappa shape index (κ1) is 18.4. The Hall–Kier alpha value is -2.40. The van der Waals surface area contributed by atoms with E-state index in [4.69, 9.17) is 4.84 Å². The van der Waals surface area contributed by atoms with Gasteiger partial charge in [-0.3, -0.25) is 14.4 Å². The van der Waals surface area contributed by atoms with Gasteiger partial charge in [0.05, 0.1) is 25.5 Å². The zero-order chi connectivity index (χ0) is 18.7. The summed E-state index contributed by atoms with van der Waals surface area (Å²) in [6, 6.07) is 13.9. The molecule has 1 aliphatic rings. The summed E-state index contributed by atoms with van der Waals surface area (Å²) in [5.74, 6) is -1.12. The largest absolute Gasteiger partial charge is 0.481 e. The standard InChI is InChI=1S/C21H25NO4/c1-14(2)18-12-22(26-13-18)21(25)17(11-20(23)24)10-16-8-5-7-15-6-3-4-9-19(15)16/h3-9,14,17-18H,10-13H2,1-2H3,(H,23,24)/t17?,18-/m0/s1. The van der Waals surface area contributed by atoms with E-state index in [2.05, 4.69) is 13.8 Å². The molecule has 1 heterocycles. The lowest BCUT2D eigenvalue weighted by molar-refractivity contribution is -0.175. The summed E-state index contributed by atoms with van der Waals surface area (Å²) >= 11 is 0. The summed E-state index contributed by atoms with van der Waals surface area (Å²) in [5.41, 5.74) is 0.988. The Morgan fingerprint density at radius 3 is 2.62 bits per heavy atom. The van der Waals surface area contributed by atoms with Crippen molar-refractivity contribution in [3.8, 4) is 0 Å². The van der Waals surface area contributed by atoms with Crippen LogP contribution in [0.15, 0.2) is 42.5 Å². The van der Waals surface area contributed by atoms with Crippen molar-refractivity contribution in [3.05, 3.63) is 48.0 Å². The summed E-state index contributed by atoms with van der Waals surface area (Å²) in [4.78, 5) is 29.8. The predicted molar refractivity (Wildman–Crippen MR) is 99.4 cm³/mol. The molecule has 0 spiro atoms. The zero-order valence-corrected chi connectivity index (χ0v) is 15.2. The first-order valence-electron chi connectivity index (χ1n) is 9.08. The van der Waals surface area contributed by atoms with E-state index in [-0.39, 0.29) is 12.3 Å². The van der Waals surface area contributed by atoms with E-state index >= 15 is 0 Å². The molecule has 3 rings (SSSR count). The second kappa shape index (κ2) is 7.87. The van der Waals surface area contributed by atoms with Gasteiger partial charge in [0.2, 0.25) is 5.91 Å². The lowest BCUT2D eigenvalue weighted by Gasteiger charge is -2.22. The molecule has 26 heavy (non-hydrogen) atoms. The van der Waals surface area contributed by atoms with Crippen LogP contribution in [0.25, 0.3) is 10.8 Å². The second-order valence-corrected chi connectivity index (χ2v) is 7.34. The van der Waals surface area contributed by atoms with Crippen LogP contribution in [0.2, 0.25) is 0 Å². The molecule has 0 saturated carbocycles. The minimum absolute atomic E-state index is 0.200. The molecular weight excluding hydrogens is 330 g/mol. The Morgan fingerprint density at radius 2 is 1.92 bits per heavy atom. The summed E-state index contributed by atoms with van der Waals surface area (Å²) in [5, 5.41) is 12.8. The Balaban J connectivity index is 1.82. The van der Waals surface area contributed by atoms with Gasteiger partial charge in [-0.15, -0.1) is 0 Å². The van der Waals surface area contributed by atoms with Gasteiger partial charge in [0.1, 0.15) is 0 Å². The van der Waals surface area contributed by atoms with Crippen LogP contribution in [-0.4, -0.2) is 35.2 Å². The third kappa shape index (κ3) is 4.05. The van der Waals surface area contributed by atoms with Crippen LogP contribution in [0.1, 0.15) is 25.8 Å². The smallest absolute Gasteiger partial charge is 0.304 e. The fraction of sp³-hybridized carbons (Fsp3) is 0.429. The van der Waals surface area contributed by atoms with Crippen LogP contribution in [0, 0.1) is 17.8 Å². The van der Waals surface area contributed by atoms with Gasteiger partial charge in [-0.2, -0.15) is 0 Å². The van der Waals surface area contributed by atoms with E-state index in [1.54, 1.807) is 0 Å². The molecule has 0 aromatic heterocycles. The van der Waals surface area contributed by atoms with Crippen molar-refractivity contribution < 1.29 is 19.5 Å². The number of hydrogen-bond donors (Lipinski definition) is 1. The third-order valence-corrected chi connectivity index (χ3v) is 5.15. The number of benzene rings is 2. The van der Waals surface area contributed by atoms with Gasteiger partial charge in [0, 0.05) is 5.92 Å². The average molecular weight is 355 g/mol. The molecule has 1 fully saturated rings. The van der Waals surface area contributed by atoms with E-state index < -0.39 is 11.9 Å². The highest BCUT2D eigenvalue weighted by molar-refractivity contribution is 5.87. The number of carbonyl (C=O) groups excluding carboxylic acids is 1. The highest BCUT2D eigenvalue weighted by atomic mass is 16.7. The van der Waals surface area contributed by atoms with Gasteiger partial charge >= 0.3 is 5.97 Å². The van der Waals surface area contributed by atoms with Crippen molar-refractivity contribution in [3.63, 3.8) is 0 Å². The highest BCUT2D eigenvalue weighted by Gasteiger charge is 2.34. The van der Waals surface area contributed by atoms with E-state index in [0.29, 0.717) is 31.4 Å². The van der Waals surface area contributed by atoms with Crippen LogP contribution in [0.5, 0.6) is 0 Å². The maximum atomic E-state index is 12.9. The van der Waals surface area contributed by atoms with Gasteiger partial charge in [-0.25, -0.2) is 5.06 Å². The number of amides is 1. The lowest BCUT2D eigenvalue weighted by Crippen LogP contribution is -2.36. The number of aliphatic carboxylic acids is 1. The molecule has 0 radical (unpaired) electrons. The van der Waals surface area contributed by atoms with Crippen molar-refractivity contribution >= 4 is 22.6 Å². The van der Waals surface area contributed by atoms with E-state index in [9.17, 15) is 14.7 Å². The van der Waals surface area contributed by atoms with Gasteiger partial charge < -0.3 is 5.11 Å². The third-order valence-electron chi connectivity index (χ3n) is 5.15. The Labute approximate surface area is 153 Å². The first-order valence-corrected chi connectivity index (χ1v) is 9.08. The van der Waals surface area contributed by atoms with Crippen LogP contribution in [0.4, 0.5) is 0 Å². The number of hydroxylamine groups is 2. The lowest BCUT2D eigenvalue weighted by atomic mass is 9.91. The number of rotatable bonds is 6. The van der Waals surface area contributed by atoms with Crippen molar-refractivity contribution in [1.82, 2.24) is 5.06 Å². The van der Waals surface area contributed by atoms with E-state index in [0.717, 1.165) is 16.3 Å². The molecule has 1 N–H and O–H groups in total. The number of carboxylic acid groups (broad SMARTS) is 1. The number of hydrogen-bond acceptors (Lipinski definition) is 3. The van der Waals surface area contributed by atoms with Crippen LogP contribution < -0.4 is 0 Å². The molecule has 1 saturated heterocycles. The Kier molecular flexibility index (Phi) is 5.57. The molecule has 2 aromatic rings. The molecule has 1 aliphatic heterocycles. The highest BCUT2D eigenvalue weighted by Crippen LogP contribution is 2.26. The van der Waals surface area contributed by atoms with Gasteiger partial charge in [0.15, 0.2) is 0 Å². The number of fused-ring (bicyclic) bond motifs is 1. The van der Waals surface area contributed by atoms with Crippen LogP contribution in [0.3, 0.4) is 0 Å². The minimum Gasteiger partial charge on any atom is -0.481 e. The summed E-state index contributed by atoms with van der Waals surface area (Å²) in [6.07, 6.45) is 0.187. The van der Waals surface area contributed by atoms with Gasteiger partial charge in [-0.05, 0) is 28.7 Å². The minimum atomic E-state index is -0.969. The van der Waals surface area contributed by atoms with Crippen LogP contribution >= 0.6 is 0 Å². The summed E-state index contributed by atoms with van der Waals surface area (Å²) in [6.45, 7) is 5.25. The average Bonchev–Trinajstić information content (AvgIpc) is 3.11. The molecule has 138 valence electrons. The second-order valence-electron chi connectivity index (χ2n) is 7.34. The predicted octanol–water partition coefficient (Wildman–Crippen LogP) is 3.52. The molecule has 2 aromatic carbocycles. The molecule has 2 atom stereocenters. The van der Waals surface area contributed by atoms with Crippen molar-refractivity contribution in [1.29, 1.82) is 0 Å². The molecule has 1 unspecified atom stereocenters. The fourth-order valence-corrected chi connectivity index (χ4v) is 3.46. The topological polar surface area (TPSA) is 66.8 Å². The Morgan fingerprint density at radius 1 is 1.19 bits per heavy atom. The SMILES string of the molecule is CC(C)[C@@H]1CON(C(=O)C(CC(=O)O)Cc2cccc3ccccc23)C1. The fourth-order valence-electron chi connectivity index (χ4n) is 3.46. The van der Waals surface area contributed by atoms with Crippen LogP contribution in [-0.2, 0) is 20.8 Å². The zero-order valence-electron chi connectivity index (χ0n) is 15.2. The molecule has 5 heteroatoms. The molecule has 5 nitrogen and oxygen atoms in total. The number of carboxylic acids is 1. The van der Waals surface area contributed by atoms with Crippen molar-refractivity contribution in [2.24, 2.45) is 17.8 Å². The van der Waals surface area contributed by atoms with Gasteiger partial charge in [-0.1, -0.05) is 56.3 Å². The summed E-state index contributed by atoms with van der Waals surface area (Å²) in [7, 11) is 0. The molecular formula is C21H25NO4. The van der Waals surface area contributed by atoms with Crippen molar-refractivity contribution in [2.45, 2.75) is 26.7 Å². The van der Waals surface area contributed by atoms with E-state index in [1.807, 2.05) is 42.5 Å². The number of carbonyl (C=O) groups is 2. The molecule has 1 amide bonds. The summed E-state index contributed by atoms with van der Waals surface area (Å²) < 4.78 is 0. The van der Waals surface area contributed by atoms with Gasteiger partial charge in [0.25, 0.3) is 0 Å². The van der Waals surface area contributed by atoms with E-state index in [1.165, 1.54) is 5.06 Å². The first-order chi connectivity index (χ1) is 12.5. The normalized spacial score (nSPS) is 18.4. The monoisotopic (exact) mass is 355 g/mol.